The molecule has 31 heavy (non-hydrogen) atoms. The van der Waals surface area contributed by atoms with E-state index in [1.165, 1.54) is 6.42 Å². The van der Waals surface area contributed by atoms with E-state index < -0.39 is 0 Å². The summed E-state index contributed by atoms with van der Waals surface area (Å²) in [5, 5.41) is 0. The lowest BCUT2D eigenvalue weighted by molar-refractivity contribution is -0.135. The first-order valence-corrected chi connectivity index (χ1v) is 11.2. The number of amides is 1. The second kappa shape index (κ2) is 8.17. The molecule has 1 fully saturated rings. The predicted molar refractivity (Wildman–Crippen MR) is 122 cm³/mol. The van der Waals surface area contributed by atoms with Gasteiger partial charge in [0.05, 0.1) is 23.7 Å². The van der Waals surface area contributed by atoms with Crippen molar-refractivity contribution in [2.45, 2.75) is 39.2 Å². The molecule has 2 atom stereocenters. The Kier molecular flexibility index (Phi) is 5.22. The van der Waals surface area contributed by atoms with Crippen molar-refractivity contribution in [3.8, 4) is 5.75 Å². The van der Waals surface area contributed by atoms with E-state index >= 15 is 0 Å². The Morgan fingerprint density at radius 1 is 1.06 bits per heavy atom. The zero-order chi connectivity index (χ0) is 21.4. The van der Waals surface area contributed by atoms with Gasteiger partial charge in [-0.15, -0.1) is 0 Å². The van der Waals surface area contributed by atoms with Crippen molar-refractivity contribution in [1.82, 2.24) is 14.5 Å². The van der Waals surface area contributed by atoms with Crippen LogP contribution in [0.5, 0.6) is 5.75 Å². The molecule has 2 unspecified atom stereocenters. The Balaban J connectivity index is 1.71. The molecule has 0 bridgehead atoms. The molecule has 0 saturated carbocycles. The summed E-state index contributed by atoms with van der Waals surface area (Å²) in [5.74, 6) is 1.23. The van der Waals surface area contributed by atoms with Gasteiger partial charge in [0.15, 0.2) is 0 Å². The van der Waals surface area contributed by atoms with E-state index in [2.05, 4.69) is 16.7 Å². The molecule has 5 rings (SSSR count). The highest BCUT2D eigenvalue weighted by atomic mass is 16.5. The van der Waals surface area contributed by atoms with Crippen LogP contribution in [-0.2, 0) is 4.79 Å². The quantitative estimate of drug-likeness (QED) is 0.616. The van der Waals surface area contributed by atoms with Crippen LogP contribution in [-0.4, -0.2) is 45.8 Å². The number of nitrogens with zero attached hydrogens (tertiary/aromatic N) is 4. The van der Waals surface area contributed by atoms with Crippen LogP contribution in [0, 0.1) is 5.92 Å². The molecule has 1 saturated heterocycles. The molecule has 3 aromatic rings. The molecule has 2 aromatic carbocycles. The van der Waals surface area contributed by atoms with Gasteiger partial charge in [-0.3, -0.25) is 9.36 Å². The van der Waals surface area contributed by atoms with Crippen molar-refractivity contribution >= 4 is 28.6 Å². The molecule has 2 aliphatic rings. The molecule has 0 aliphatic carbocycles. The van der Waals surface area contributed by atoms with Crippen LogP contribution in [0.3, 0.4) is 0 Å². The number of imidazole rings is 1. The van der Waals surface area contributed by atoms with Crippen molar-refractivity contribution in [2.75, 3.05) is 19.7 Å². The normalized spacial score (nSPS) is 21.0. The minimum absolute atomic E-state index is 0.153. The van der Waals surface area contributed by atoms with Crippen LogP contribution < -0.4 is 4.74 Å². The van der Waals surface area contributed by atoms with Crippen molar-refractivity contribution in [3.05, 3.63) is 54.1 Å². The zero-order valence-electron chi connectivity index (χ0n) is 18.1. The fourth-order valence-corrected chi connectivity index (χ4v) is 4.94. The molecule has 3 heterocycles. The first-order valence-electron chi connectivity index (χ1n) is 11.2. The number of carbonyl (C=O) groups is 1. The summed E-state index contributed by atoms with van der Waals surface area (Å²) in [6.07, 6.45) is 3.32. The Labute approximate surface area is 182 Å². The Bertz CT molecular complexity index is 1140. The molecule has 1 amide bonds. The summed E-state index contributed by atoms with van der Waals surface area (Å²) in [5.41, 5.74) is 3.69. The molecule has 0 radical (unpaired) electrons. The SMILES string of the molecule is CCOc1ccccc1C1C(C(=O)N2CCCCC2)C(C)=Nc2nc3ccccc3n21. The van der Waals surface area contributed by atoms with Gasteiger partial charge in [-0.2, -0.15) is 0 Å². The van der Waals surface area contributed by atoms with Crippen LogP contribution in [0.4, 0.5) is 5.95 Å². The number of para-hydroxylation sites is 3. The highest BCUT2D eigenvalue weighted by Crippen LogP contribution is 2.43. The molecule has 6 heteroatoms. The molecular formula is C25H28N4O2. The van der Waals surface area contributed by atoms with Crippen LogP contribution in [0.1, 0.15) is 44.7 Å². The number of carbonyl (C=O) groups excluding carboxylic acids is 1. The lowest BCUT2D eigenvalue weighted by Crippen LogP contribution is -2.46. The first kappa shape index (κ1) is 19.8. The third kappa shape index (κ3) is 3.40. The molecule has 6 nitrogen and oxygen atoms in total. The highest BCUT2D eigenvalue weighted by molar-refractivity contribution is 6.06. The van der Waals surface area contributed by atoms with Crippen molar-refractivity contribution in [2.24, 2.45) is 10.9 Å². The van der Waals surface area contributed by atoms with E-state index in [9.17, 15) is 4.79 Å². The number of benzene rings is 2. The van der Waals surface area contributed by atoms with Gasteiger partial charge in [0, 0.05) is 24.4 Å². The number of likely N-dealkylation sites (tertiary alicyclic amines) is 1. The van der Waals surface area contributed by atoms with Gasteiger partial charge in [0.1, 0.15) is 11.7 Å². The van der Waals surface area contributed by atoms with Crippen molar-refractivity contribution < 1.29 is 9.53 Å². The van der Waals surface area contributed by atoms with Crippen molar-refractivity contribution in [3.63, 3.8) is 0 Å². The maximum absolute atomic E-state index is 13.9. The average Bonchev–Trinajstić information content (AvgIpc) is 3.17. The molecule has 1 aromatic heterocycles. The topological polar surface area (TPSA) is 59.7 Å². The fraction of sp³-hybridized carbons (Fsp3) is 0.400. The molecule has 0 spiro atoms. The van der Waals surface area contributed by atoms with E-state index in [1.807, 2.05) is 55.1 Å². The van der Waals surface area contributed by atoms with E-state index in [0.717, 1.165) is 54.0 Å². The maximum Gasteiger partial charge on any atom is 0.233 e. The van der Waals surface area contributed by atoms with Gasteiger partial charge in [0.2, 0.25) is 11.9 Å². The van der Waals surface area contributed by atoms with E-state index in [4.69, 9.17) is 14.7 Å². The molecule has 160 valence electrons. The summed E-state index contributed by atoms with van der Waals surface area (Å²) in [7, 11) is 0. The Morgan fingerprint density at radius 3 is 2.61 bits per heavy atom. The number of fused-ring (bicyclic) bond motifs is 3. The van der Waals surface area contributed by atoms with Gasteiger partial charge in [0.25, 0.3) is 0 Å². The standard InChI is InChI=1S/C25H28N4O2/c1-3-31-21-14-8-5-11-18(21)23-22(24(30)28-15-9-4-10-16-28)17(2)26-25-27-19-12-6-7-13-20(19)29(23)25/h5-8,11-14,22-23H,3-4,9-10,15-16H2,1-2H3. The number of hydrogen-bond donors (Lipinski definition) is 0. The van der Waals surface area contributed by atoms with Crippen LogP contribution >= 0.6 is 0 Å². The maximum atomic E-state index is 13.9. The number of piperidine rings is 1. The Hall–Kier alpha value is -3.15. The summed E-state index contributed by atoms with van der Waals surface area (Å²) in [6, 6.07) is 15.8. The van der Waals surface area contributed by atoms with E-state index in [-0.39, 0.29) is 17.9 Å². The van der Waals surface area contributed by atoms with Gasteiger partial charge in [-0.25, -0.2) is 9.98 Å². The fourth-order valence-electron chi connectivity index (χ4n) is 4.94. The number of ether oxygens (including phenoxy) is 1. The lowest BCUT2D eigenvalue weighted by atomic mass is 9.85. The zero-order valence-corrected chi connectivity index (χ0v) is 18.1. The van der Waals surface area contributed by atoms with Gasteiger partial charge < -0.3 is 9.64 Å². The van der Waals surface area contributed by atoms with Crippen LogP contribution in [0.15, 0.2) is 53.5 Å². The number of hydrogen-bond acceptors (Lipinski definition) is 4. The van der Waals surface area contributed by atoms with E-state index in [0.29, 0.717) is 12.6 Å². The molecular weight excluding hydrogens is 388 g/mol. The second-order valence-corrected chi connectivity index (χ2v) is 8.30. The first-order chi connectivity index (χ1) is 15.2. The monoisotopic (exact) mass is 416 g/mol. The minimum atomic E-state index is -0.384. The molecule has 2 aliphatic heterocycles. The number of rotatable bonds is 4. The summed E-state index contributed by atoms with van der Waals surface area (Å²) in [4.78, 5) is 25.5. The smallest absolute Gasteiger partial charge is 0.233 e. The van der Waals surface area contributed by atoms with Crippen LogP contribution in [0.2, 0.25) is 0 Å². The summed E-state index contributed by atoms with van der Waals surface area (Å²) in [6.45, 7) is 6.16. The number of aliphatic imine (C=N–C) groups is 1. The Morgan fingerprint density at radius 2 is 1.81 bits per heavy atom. The third-order valence-electron chi connectivity index (χ3n) is 6.37. The summed E-state index contributed by atoms with van der Waals surface area (Å²) >= 11 is 0. The highest BCUT2D eigenvalue weighted by Gasteiger charge is 2.42. The second-order valence-electron chi connectivity index (χ2n) is 8.30. The molecule has 0 N–H and O–H groups in total. The number of aromatic nitrogens is 2. The van der Waals surface area contributed by atoms with Gasteiger partial charge in [-0.05, 0) is 51.3 Å². The third-order valence-corrected chi connectivity index (χ3v) is 6.37. The summed E-state index contributed by atoms with van der Waals surface area (Å²) < 4.78 is 8.14. The predicted octanol–water partition coefficient (Wildman–Crippen LogP) is 4.76. The lowest BCUT2D eigenvalue weighted by Gasteiger charge is -2.37. The van der Waals surface area contributed by atoms with Crippen molar-refractivity contribution in [1.29, 1.82) is 0 Å². The largest absolute Gasteiger partial charge is 0.494 e. The van der Waals surface area contributed by atoms with E-state index in [1.54, 1.807) is 0 Å². The average molecular weight is 417 g/mol. The van der Waals surface area contributed by atoms with Crippen LogP contribution in [0.25, 0.3) is 11.0 Å². The minimum Gasteiger partial charge on any atom is -0.494 e. The van der Waals surface area contributed by atoms with Gasteiger partial charge >= 0.3 is 0 Å². The van der Waals surface area contributed by atoms with Gasteiger partial charge in [-0.1, -0.05) is 30.3 Å².